The summed E-state index contributed by atoms with van der Waals surface area (Å²) in [6.07, 6.45) is 2.94. The summed E-state index contributed by atoms with van der Waals surface area (Å²) in [6, 6.07) is 0. The van der Waals surface area contributed by atoms with Crippen LogP contribution in [0.5, 0.6) is 0 Å². The quantitative estimate of drug-likeness (QED) is 0.737. The molecule has 3 rings (SSSR count). The zero-order valence-electron chi connectivity index (χ0n) is 11.6. The molecule has 5 nitrogen and oxygen atoms in total. The molecule has 0 atom stereocenters. The van der Waals surface area contributed by atoms with E-state index in [1.165, 1.54) is 0 Å². The van der Waals surface area contributed by atoms with Gasteiger partial charge in [-0.1, -0.05) is 13.3 Å². The fraction of sp³-hybridized carbons (Fsp3) is 0.462. The number of imidazole rings is 1. The van der Waals surface area contributed by atoms with Gasteiger partial charge < -0.3 is 9.55 Å². The highest BCUT2D eigenvalue weighted by molar-refractivity contribution is 7.71. The second kappa shape index (κ2) is 5.49. The van der Waals surface area contributed by atoms with Crippen molar-refractivity contribution in [1.82, 2.24) is 24.3 Å². The molecule has 0 aliphatic heterocycles. The van der Waals surface area contributed by atoms with Crippen LogP contribution in [0.2, 0.25) is 0 Å². The molecule has 1 N–H and O–H groups in total. The van der Waals surface area contributed by atoms with E-state index in [9.17, 15) is 0 Å². The molecule has 0 radical (unpaired) electrons. The van der Waals surface area contributed by atoms with Crippen molar-refractivity contribution < 1.29 is 0 Å². The number of hydrogen-bond acceptors (Lipinski definition) is 4. The highest BCUT2D eigenvalue weighted by atomic mass is 32.1. The van der Waals surface area contributed by atoms with E-state index in [0.717, 1.165) is 53.1 Å². The van der Waals surface area contributed by atoms with E-state index >= 15 is 0 Å². The third kappa shape index (κ3) is 2.31. The van der Waals surface area contributed by atoms with Gasteiger partial charge in [-0.2, -0.15) is 5.10 Å². The number of aromatic amines is 1. The van der Waals surface area contributed by atoms with E-state index in [-0.39, 0.29) is 0 Å². The Morgan fingerprint density at radius 3 is 2.95 bits per heavy atom. The van der Waals surface area contributed by atoms with E-state index in [1.807, 2.05) is 17.2 Å². The number of rotatable bonds is 5. The Morgan fingerprint density at radius 1 is 1.40 bits per heavy atom. The molecule has 0 aromatic carbocycles. The normalized spacial score (nSPS) is 11.5. The van der Waals surface area contributed by atoms with E-state index in [2.05, 4.69) is 31.9 Å². The second-order valence-corrected chi connectivity index (χ2v) is 5.94. The largest absolute Gasteiger partial charge is 0.328 e. The van der Waals surface area contributed by atoms with Gasteiger partial charge in [-0.15, -0.1) is 11.3 Å². The third-order valence-corrected chi connectivity index (χ3v) is 4.34. The van der Waals surface area contributed by atoms with Gasteiger partial charge in [-0.05, 0) is 18.6 Å². The lowest BCUT2D eigenvalue weighted by Crippen LogP contribution is -2.05. The Kier molecular flexibility index (Phi) is 3.71. The summed E-state index contributed by atoms with van der Waals surface area (Å²) in [4.78, 5) is 7.63. The maximum Gasteiger partial charge on any atom is 0.179 e. The first-order valence-corrected chi connectivity index (χ1v) is 8.07. The first-order valence-electron chi connectivity index (χ1n) is 6.72. The summed E-state index contributed by atoms with van der Waals surface area (Å²) in [5, 5.41) is 6.67. The monoisotopic (exact) mass is 307 g/mol. The topological polar surface area (TPSA) is 51.4 Å². The maximum atomic E-state index is 5.45. The zero-order chi connectivity index (χ0) is 14.1. The minimum absolute atomic E-state index is 0.764. The maximum absolute atomic E-state index is 5.45. The molecule has 0 saturated carbocycles. The second-order valence-electron chi connectivity index (χ2n) is 4.83. The fourth-order valence-electron chi connectivity index (χ4n) is 2.48. The Bertz CT molecular complexity index is 763. The molecule has 0 amide bonds. The van der Waals surface area contributed by atoms with Gasteiger partial charge in [0.2, 0.25) is 0 Å². The standard InChI is InChI=1S/C13H17N5S2/c1-3-4-10-11-12(17(2)16-10)18(13(19)15-11)6-5-9-7-20-8-14-9/h7-8H,3-6H2,1-2H3,(H,15,19). The van der Waals surface area contributed by atoms with Crippen LogP contribution in [0.4, 0.5) is 0 Å². The minimum atomic E-state index is 0.764. The SMILES string of the molecule is CCCc1nn(C)c2c1[nH]c(=S)n2CCc1cscn1. The van der Waals surface area contributed by atoms with E-state index in [0.29, 0.717) is 0 Å². The molecule has 7 heteroatoms. The summed E-state index contributed by atoms with van der Waals surface area (Å²) in [6.45, 7) is 2.99. The van der Waals surface area contributed by atoms with Crippen LogP contribution in [0.1, 0.15) is 24.7 Å². The van der Waals surface area contributed by atoms with Crippen LogP contribution in [0.3, 0.4) is 0 Å². The van der Waals surface area contributed by atoms with E-state index in [4.69, 9.17) is 12.2 Å². The van der Waals surface area contributed by atoms with Crippen LogP contribution in [-0.2, 0) is 26.4 Å². The van der Waals surface area contributed by atoms with E-state index < -0.39 is 0 Å². The summed E-state index contributed by atoms with van der Waals surface area (Å²) in [7, 11) is 1.98. The summed E-state index contributed by atoms with van der Waals surface area (Å²) >= 11 is 7.08. The van der Waals surface area contributed by atoms with Gasteiger partial charge in [0.1, 0.15) is 5.52 Å². The number of hydrogen-bond donors (Lipinski definition) is 1. The highest BCUT2D eigenvalue weighted by Gasteiger charge is 2.14. The average Bonchev–Trinajstić information content (AvgIpc) is 3.08. The van der Waals surface area contributed by atoms with Crippen molar-refractivity contribution in [3.05, 3.63) is 27.0 Å². The first-order chi connectivity index (χ1) is 9.70. The molecule has 106 valence electrons. The van der Waals surface area contributed by atoms with Crippen molar-refractivity contribution >= 4 is 34.7 Å². The van der Waals surface area contributed by atoms with Crippen molar-refractivity contribution in [2.24, 2.45) is 7.05 Å². The average molecular weight is 307 g/mol. The molecule has 0 saturated heterocycles. The van der Waals surface area contributed by atoms with E-state index in [1.54, 1.807) is 11.3 Å². The lowest BCUT2D eigenvalue weighted by atomic mass is 10.2. The Hall–Kier alpha value is -1.47. The minimum Gasteiger partial charge on any atom is -0.328 e. The van der Waals surface area contributed by atoms with Crippen molar-refractivity contribution in [2.75, 3.05) is 0 Å². The number of nitrogens with one attached hydrogen (secondary N) is 1. The summed E-state index contributed by atoms with van der Waals surface area (Å²) in [5.41, 5.74) is 6.24. The van der Waals surface area contributed by atoms with Crippen LogP contribution >= 0.6 is 23.6 Å². The van der Waals surface area contributed by atoms with Gasteiger partial charge in [-0.25, -0.2) is 4.98 Å². The number of H-pyrrole nitrogens is 1. The first kappa shape index (κ1) is 13.5. The Labute approximate surface area is 126 Å². The predicted octanol–water partition coefficient (Wildman–Crippen LogP) is 3.08. The summed E-state index contributed by atoms with van der Waals surface area (Å²) in [5.74, 6) is 0. The van der Waals surface area contributed by atoms with Gasteiger partial charge in [0.25, 0.3) is 0 Å². The van der Waals surface area contributed by atoms with Gasteiger partial charge in [-0.3, -0.25) is 4.68 Å². The third-order valence-electron chi connectivity index (χ3n) is 3.38. The molecule has 0 aliphatic carbocycles. The van der Waals surface area contributed by atoms with Crippen LogP contribution in [0, 0.1) is 4.77 Å². The summed E-state index contributed by atoms with van der Waals surface area (Å²) < 4.78 is 4.81. The lowest BCUT2D eigenvalue weighted by Gasteiger charge is -2.03. The van der Waals surface area contributed by atoms with Gasteiger partial charge >= 0.3 is 0 Å². The molecule has 3 aromatic rings. The van der Waals surface area contributed by atoms with Crippen molar-refractivity contribution in [3.8, 4) is 0 Å². The fourth-order valence-corrected chi connectivity index (χ4v) is 3.36. The molecule has 20 heavy (non-hydrogen) atoms. The van der Waals surface area contributed by atoms with Crippen LogP contribution in [-0.4, -0.2) is 24.3 Å². The molecule has 3 aromatic heterocycles. The predicted molar refractivity (Wildman–Crippen MR) is 83.7 cm³/mol. The molecule has 0 bridgehead atoms. The molecule has 0 aliphatic rings. The molecule has 0 unspecified atom stereocenters. The van der Waals surface area contributed by atoms with Crippen molar-refractivity contribution in [2.45, 2.75) is 32.7 Å². The zero-order valence-corrected chi connectivity index (χ0v) is 13.2. The van der Waals surface area contributed by atoms with Gasteiger partial charge in [0, 0.05) is 25.4 Å². The molecular weight excluding hydrogens is 290 g/mol. The Morgan fingerprint density at radius 2 is 2.25 bits per heavy atom. The number of aryl methyl sites for hydroxylation is 4. The number of aromatic nitrogens is 5. The van der Waals surface area contributed by atoms with Crippen LogP contribution in [0.15, 0.2) is 10.9 Å². The van der Waals surface area contributed by atoms with Crippen molar-refractivity contribution in [1.29, 1.82) is 0 Å². The van der Waals surface area contributed by atoms with Gasteiger partial charge in [0.05, 0.1) is 16.9 Å². The number of thiazole rings is 1. The highest BCUT2D eigenvalue weighted by Crippen LogP contribution is 2.19. The Balaban J connectivity index is 1.98. The van der Waals surface area contributed by atoms with Crippen LogP contribution < -0.4 is 0 Å². The van der Waals surface area contributed by atoms with Crippen LogP contribution in [0.25, 0.3) is 11.2 Å². The van der Waals surface area contributed by atoms with Crippen molar-refractivity contribution in [3.63, 3.8) is 0 Å². The molecule has 0 spiro atoms. The molecule has 0 fully saturated rings. The number of fused-ring (bicyclic) bond motifs is 1. The molecular formula is C13H17N5S2. The number of nitrogens with zero attached hydrogens (tertiary/aromatic N) is 4. The molecule has 3 heterocycles. The lowest BCUT2D eigenvalue weighted by molar-refractivity contribution is 0.655. The van der Waals surface area contributed by atoms with Gasteiger partial charge in [0.15, 0.2) is 10.4 Å². The smallest absolute Gasteiger partial charge is 0.179 e.